The molecule has 140 valence electrons. The lowest BCUT2D eigenvalue weighted by Crippen LogP contribution is -2.17. The van der Waals surface area contributed by atoms with Gasteiger partial charge in [0.15, 0.2) is 0 Å². The fourth-order valence-corrected chi connectivity index (χ4v) is 3.77. The molecule has 0 unspecified atom stereocenters. The van der Waals surface area contributed by atoms with E-state index in [1.165, 1.54) is 5.57 Å². The third-order valence-electron chi connectivity index (χ3n) is 5.23. The summed E-state index contributed by atoms with van der Waals surface area (Å²) in [5, 5.41) is 30.7. The van der Waals surface area contributed by atoms with Crippen molar-refractivity contribution in [3.8, 4) is 17.2 Å². The van der Waals surface area contributed by atoms with Gasteiger partial charge in [0.2, 0.25) is 0 Å². The number of allylic oxidation sites excluding steroid dienone is 3. The molecule has 2 aromatic carbocycles. The largest absolute Gasteiger partial charge is 0.508 e. The summed E-state index contributed by atoms with van der Waals surface area (Å²) in [4.78, 5) is 0. The maximum atomic E-state index is 10.7. The summed E-state index contributed by atoms with van der Waals surface area (Å²) in [5.41, 5.74) is 4.55. The maximum absolute atomic E-state index is 10.7. The Morgan fingerprint density at radius 2 is 1.59 bits per heavy atom. The van der Waals surface area contributed by atoms with Gasteiger partial charge in [-0.25, -0.2) is 0 Å². The lowest BCUT2D eigenvalue weighted by molar-refractivity contribution is 0.407. The average Bonchev–Trinajstić information content (AvgIpc) is 2.60. The van der Waals surface area contributed by atoms with Crippen LogP contribution in [0.15, 0.2) is 60.2 Å². The summed E-state index contributed by atoms with van der Waals surface area (Å²) < 4.78 is 0. The van der Waals surface area contributed by atoms with Crippen molar-refractivity contribution in [1.82, 2.24) is 0 Å². The smallest absolute Gasteiger partial charge is 0.123 e. The van der Waals surface area contributed by atoms with Crippen molar-refractivity contribution in [2.24, 2.45) is 5.92 Å². The van der Waals surface area contributed by atoms with E-state index in [0.717, 1.165) is 24.0 Å². The van der Waals surface area contributed by atoms with Gasteiger partial charge in [0.1, 0.15) is 17.2 Å². The van der Waals surface area contributed by atoms with Crippen molar-refractivity contribution in [2.75, 3.05) is 0 Å². The molecule has 0 spiro atoms. The third-order valence-corrected chi connectivity index (χ3v) is 5.23. The molecule has 3 rings (SSSR count). The lowest BCUT2D eigenvalue weighted by Gasteiger charge is -2.31. The lowest BCUT2D eigenvalue weighted by atomic mass is 9.73. The van der Waals surface area contributed by atoms with E-state index in [9.17, 15) is 15.3 Å². The summed E-state index contributed by atoms with van der Waals surface area (Å²) in [6.07, 6.45) is 7.83. The fraction of sp³-hybridized carbons (Fsp3) is 0.250. The number of hydrogen-bond acceptors (Lipinski definition) is 3. The molecule has 0 aliphatic heterocycles. The Bertz CT molecular complexity index is 881. The molecule has 27 heavy (non-hydrogen) atoms. The van der Waals surface area contributed by atoms with Crippen molar-refractivity contribution in [1.29, 1.82) is 0 Å². The van der Waals surface area contributed by atoms with E-state index in [-0.39, 0.29) is 29.1 Å². The highest BCUT2D eigenvalue weighted by atomic mass is 16.3. The van der Waals surface area contributed by atoms with Crippen LogP contribution in [0, 0.1) is 5.92 Å². The van der Waals surface area contributed by atoms with Crippen LogP contribution >= 0.6 is 0 Å². The van der Waals surface area contributed by atoms with E-state index >= 15 is 0 Å². The molecule has 2 aromatic rings. The number of benzene rings is 2. The Morgan fingerprint density at radius 1 is 1.00 bits per heavy atom. The van der Waals surface area contributed by atoms with Crippen molar-refractivity contribution >= 4 is 12.2 Å². The Labute approximate surface area is 160 Å². The first-order chi connectivity index (χ1) is 12.8. The topological polar surface area (TPSA) is 60.7 Å². The van der Waals surface area contributed by atoms with Gasteiger partial charge in [0, 0.05) is 11.5 Å². The predicted molar refractivity (Wildman–Crippen MR) is 111 cm³/mol. The van der Waals surface area contributed by atoms with E-state index in [2.05, 4.69) is 19.6 Å². The SMILES string of the molecule is C=C(C)[C@@H]1CCC(C)=C[C@H]1c1c(O)cc(/C=C/c2ccc(O)cc2)cc1O. The van der Waals surface area contributed by atoms with E-state index < -0.39 is 0 Å². The van der Waals surface area contributed by atoms with Gasteiger partial charge in [0.05, 0.1) is 0 Å². The second kappa shape index (κ2) is 7.75. The molecule has 2 atom stereocenters. The zero-order chi connectivity index (χ0) is 19.6. The number of rotatable bonds is 4. The summed E-state index contributed by atoms with van der Waals surface area (Å²) in [7, 11) is 0. The van der Waals surface area contributed by atoms with Crippen molar-refractivity contribution in [2.45, 2.75) is 32.6 Å². The molecule has 1 aliphatic carbocycles. The van der Waals surface area contributed by atoms with Crippen molar-refractivity contribution < 1.29 is 15.3 Å². The van der Waals surface area contributed by atoms with Gasteiger partial charge < -0.3 is 15.3 Å². The van der Waals surface area contributed by atoms with Gasteiger partial charge in [0.25, 0.3) is 0 Å². The molecule has 0 heterocycles. The van der Waals surface area contributed by atoms with Gasteiger partial charge in [-0.15, -0.1) is 0 Å². The molecule has 3 heteroatoms. The van der Waals surface area contributed by atoms with Crippen LogP contribution in [0.25, 0.3) is 12.2 Å². The quantitative estimate of drug-likeness (QED) is 0.462. The van der Waals surface area contributed by atoms with Crippen molar-refractivity contribution in [3.63, 3.8) is 0 Å². The summed E-state index contributed by atoms with van der Waals surface area (Å²) in [5.74, 6) is 0.565. The van der Waals surface area contributed by atoms with Crippen LogP contribution in [0.5, 0.6) is 17.2 Å². The van der Waals surface area contributed by atoms with Crippen LogP contribution in [0.3, 0.4) is 0 Å². The molecule has 3 N–H and O–H groups in total. The van der Waals surface area contributed by atoms with Gasteiger partial charge in [-0.05, 0) is 68.0 Å². The standard InChI is InChI=1S/C24H26O3/c1-15(2)20-11-4-16(3)12-21(20)24-22(26)13-18(14-23(24)27)6-5-17-7-9-19(25)10-8-17/h5-10,12-14,20-21,25-27H,1,4,11H2,2-3H3/b6-5+/t20-,21+/m0/s1. The first-order valence-corrected chi connectivity index (χ1v) is 9.21. The van der Waals surface area contributed by atoms with Crippen LogP contribution in [0.1, 0.15) is 49.3 Å². The average molecular weight is 362 g/mol. The minimum atomic E-state index is -0.0635. The first-order valence-electron chi connectivity index (χ1n) is 9.21. The molecule has 3 nitrogen and oxygen atoms in total. The van der Waals surface area contributed by atoms with Gasteiger partial charge >= 0.3 is 0 Å². The van der Waals surface area contributed by atoms with Crippen LogP contribution < -0.4 is 0 Å². The molecule has 0 radical (unpaired) electrons. The van der Waals surface area contributed by atoms with Gasteiger partial charge in [-0.1, -0.05) is 48.1 Å². The van der Waals surface area contributed by atoms with Gasteiger partial charge in [-0.2, -0.15) is 0 Å². The summed E-state index contributed by atoms with van der Waals surface area (Å²) in [6.45, 7) is 8.20. The number of aromatic hydroxyl groups is 3. The molecular weight excluding hydrogens is 336 g/mol. The number of phenolic OH excluding ortho intramolecular Hbond substituents is 3. The highest BCUT2D eigenvalue weighted by Gasteiger charge is 2.29. The monoisotopic (exact) mass is 362 g/mol. The minimum Gasteiger partial charge on any atom is -0.508 e. The zero-order valence-electron chi connectivity index (χ0n) is 15.8. The highest BCUT2D eigenvalue weighted by molar-refractivity contribution is 5.72. The fourth-order valence-electron chi connectivity index (χ4n) is 3.77. The highest BCUT2D eigenvalue weighted by Crippen LogP contribution is 2.46. The summed E-state index contributed by atoms with van der Waals surface area (Å²) >= 11 is 0. The molecule has 0 saturated carbocycles. The number of hydrogen-bond donors (Lipinski definition) is 3. The molecule has 0 amide bonds. The Hall–Kier alpha value is -2.94. The molecule has 1 aliphatic rings. The van der Waals surface area contributed by atoms with Crippen LogP contribution in [0.4, 0.5) is 0 Å². The summed E-state index contributed by atoms with van der Waals surface area (Å²) in [6, 6.07) is 10.2. The third kappa shape index (κ3) is 4.25. The maximum Gasteiger partial charge on any atom is 0.123 e. The Balaban J connectivity index is 1.93. The normalized spacial score (nSPS) is 19.9. The molecule has 0 fully saturated rings. The van der Waals surface area contributed by atoms with Crippen molar-refractivity contribution in [3.05, 3.63) is 76.9 Å². The van der Waals surface area contributed by atoms with Gasteiger partial charge in [-0.3, -0.25) is 0 Å². The molecule has 0 saturated heterocycles. The predicted octanol–water partition coefficient (Wildman–Crippen LogP) is 5.99. The van der Waals surface area contributed by atoms with Crippen LogP contribution in [-0.4, -0.2) is 15.3 Å². The first kappa shape index (κ1) is 18.8. The minimum absolute atomic E-state index is 0.0635. The van der Waals surface area contributed by atoms with Crippen LogP contribution in [-0.2, 0) is 0 Å². The van der Waals surface area contributed by atoms with E-state index in [1.54, 1.807) is 36.4 Å². The molecule has 0 aromatic heterocycles. The van der Waals surface area contributed by atoms with E-state index in [0.29, 0.717) is 11.1 Å². The second-order valence-corrected chi connectivity index (χ2v) is 7.43. The second-order valence-electron chi connectivity index (χ2n) is 7.43. The molecule has 0 bridgehead atoms. The molecular formula is C24H26O3. The van der Waals surface area contributed by atoms with Crippen LogP contribution in [0.2, 0.25) is 0 Å². The van der Waals surface area contributed by atoms with E-state index in [4.69, 9.17) is 0 Å². The number of phenols is 3. The zero-order valence-corrected chi connectivity index (χ0v) is 15.8. The Morgan fingerprint density at radius 3 is 2.19 bits per heavy atom. The Kier molecular flexibility index (Phi) is 5.41. The van der Waals surface area contributed by atoms with E-state index in [1.807, 2.05) is 19.1 Å².